The van der Waals surface area contributed by atoms with Crippen LogP contribution in [0, 0.1) is 0 Å². The first-order valence-electron chi connectivity index (χ1n) is 6.02. The van der Waals surface area contributed by atoms with Crippen LogP contribution in [0.4, 0.5) is 0 Å². The van der Waals surface area contributed by atoms with Gasteiger partial charge in [0.1, 0.15) is 6.33 Å². The number of rotatable bonds is 2. The first-order chi connectivity index (χ1) is 9.47. The van der Waals surface area contributed by atoms with E-state index in [2.05, 4.69) is 9.97 Å². The molecule has 6 heteroatoms. The van der Waals surface area contributed by atoms with Gasteiger partial charge in [-0.2, -0.15) is 0 Å². The van der Waals surface area contributed by atoms with Gasteiger partial charge < -0.3 is 4.57 Å². The molecule has 0 spiro atoms. The van der Waals surface area contributed by atoms with E-state index >= 15 is 0 Å². The fourth-order valence-electron chi connectivity index (χ4n) is 2.21. The van der Waals surface area contributed by atoms with Gasteiger partial charge in [0.25, 0.3) is 0 Å². The van der Waals surface area contributed by atoms with Crippen molar-refractivity contribution < 1.29 is 8.42 Å². The average molecular weight is 287 g/mol. The van der Waals surface area contributed by atoms with Gasteiger partial charge in [-0.05, 0) is 17.7 Å². The first-order valence-corrected chi connectivity index (χ1v) is 7.91. The first kappa shape index (κ1) is 12.8. The molecule has 0 aliphatic rings. The van der Waals surface area contributed by atoms with Crippen LogP contribution >= 0.6 is 0 Å². The van der Waals surface area contributed by atoms with Crippen molar-refractivity contribution in [1.82, 2.24) is 14.5 Å². The molecule has 3 rings (SSSR count). The highest BCUT2D eigenvalue weighted by Gasteiger charge is 2.11. The molecule has 0 amide bonds. The van der Waals surface area contributed by atoms with Crippen LogP contribution < -0.4 is 0 Å². The second-order valence-electron chi connectivity index (χ2n) is 4.71. The number of sulfone groups is 1. The minimum atomic E-state index is -3.17. The summed E-state index contributed by atoms with van der Waals surface area (Å²) in [4.78, 5) is 8.63. The van der Waals surface area contributed by atoms with Crippen LogP contribution in [0.3, 0.4) is 0 Å². The summed E-state index contributed by atoms with van der Waals surface area (Å²) in [5.41, 5.74) is 3.69. The van der Waals surface area contributed by atoms with Gasteiger partial charge in [0.15, 0.2) is 9.84 Å². The van der Waals surface area contributed by atoms with Crippen molar-refractivity contribution in [3.05, 3.63) is 43.0 Å². The summed E-state index contributed by atoms with van der Waals surface area (Å²) >= 11 is 0. The van der Waals surface area contributed by atoms with Crippen molar-refractivity contribution in [3.63, 3.8) is 0 Å². The van der Waals surface area contributed by atoms with Gasteiger partial charge in [0.2, 0.25) is 0 Å². The Labute approximate surface area is 116 Å². The van der Waals surface area contributed by atoms with E-state index in [0.29, 0.717) is 4.90 Å². The molecule has 0 fully saturated rings. The fraction of sp³-hybridized carbons (Fsp3) is 0.143. The standard InChI is InChI=1S/C14H13N3O2S/c1-17-8-12(14-13(17)7-15-9-16-14)10-3-5-11(6-4-10)20(2,18)19/h3-9H,1-2H3. The molecule has 0 radical (unpaired) electrons. The Kier molecular flexibility index (Phi) is 2.83. The summed E-state index contributed by atoms with van der Waals surface area (Å²) in [5.74, 6) is 0. The van der Waals surface area contributed by atoms with Crippen LogP contribution in [0.1, 0.15) is 0 Å². The topological polar surface area (TPSA) is 64.8 Å². The van der Waals surface area contributed by atoms with E-state index in [0.717, 1.165) is 22.2 Å². The quantitative estimate of drug-likeness (QED) is 0.723. The van der Waals surface area contributed by atoms with Crippen LogP contribution in [0.5, 0.6) is 0 Å². The van der Waals surface area contributed by atoms with E-state index in [1.807, 2.05) is 17.8 Å². The molecular weight excluding hydrogens is 274 g/mol. The summed E-state index contributed by atoms with van der Waals surface area (Å²) in [6.07, 6.45) is 6.44. The Balaban J connectivity index is 2.17. The molecule has 2 aromatic heterocycles. The van der Waals surface area contributed by atoms with E-state index in [4.69, 9.17) is 0 Å². The van der Waals surface area contributed by atoms with E-state index in [1.165, 1.54) is 12.6 Å². The lowest BCUT2D eigenvalue weighted by atomic mass is 10.1. The van der Waals surface area contributed by atoms with Gasteiger partial charge in [-0.25, -0.2) is 18.4 Å². The zero-order valence-electron chi connectivity index (χ0n) is 11.1. The van der Waals surface area contributed by atoms with E-state index in [1.54, 1.807) is 30.5 Å². The highest BCUT2D eigenvalue weighted by atomic mass is 32.2. The molecule has 0 unspecified atom stereocenters. The Hall–Kier alpha value is -2.21. The molecule has 1 aromatic carbocycles. The number of nitrogens with zero attached hydrogens (tertiary/aromatic N) is 3. The largest absolute Gasteiger partial charge is 0.347 e. The molecule has 0 saturated carbocycles. The van der Waals surface area contributed by atoms with Gasteiger partial charge in [-0.15, -0.1) is 0 Å². The zero-order valence-corrected chi connectivity index (χ0v) is 11.9. The third kappa shape index (κ3) is 2.08. The maximum Gasteiger partial charge on any atom is 0.175 e. The van der Waals surface area contributed by atoms with Gasteiger partial charge in [-0.3, -0.25) is 0 Å². The second-order valence-corrected chi connectivity index (χ2v) is 6.72. The molecule has 102 valence electrons. The third-order valence-corrected chi connectivity index (χ3v) is 4.37. The van der Waals surface area contributed by atoms with Crippen LogP contribution in [0.2, 0.25) is 0 Å². The van der Waals surface area contributed by atoms with E-state index in [-0.39, 0.29) is 0 Å². The van der Waals surface area contributed by atoms with Gasteiger partial charge >= 0.3 is 0 Å². The Morgan fingerprint density at radius 2 is 1.85 bits per heavy atom. The monoisotopic (exact) mass is 287 g/mol. The Morgan fingerprint density at radius 1 is 1.15 bits per heavy atom. The maximum atomic E-state index is 11.5. The Bertz CT molecular complexity index is 880. The van der Waals surface area contributed by atoms with Gasteiger partial charge in [-0.1, -0.05) is 12.1 Å². The molecule has 3 aromatic rings. The summed E-state index contributed by atoms with van der Waals surface area (Å²) in [7, 11) is -1.24. The van der Waals surface area contributed by atoms with Crippen LogP contribution in [-0.4, -0.2) is 29.2 Å². The second kappa shape index (κ2) is 4.42. The molecule has 0 atom stereocenters. The van der Waals surface area contributed by atoms with Crippen molar-refractivity contribution in [2.45, 2.75) is 4.90 Å². The molecule has 2 heterocycles. The Morgan fingerprint density at radius 3 is 2.50 bits per heavy atom. The summed E-state index contributed by atoms with van der Waals surface area (Å²) < 4.78 is 24.9. The normalized spacial score (nSPS) is 11.9. The predicted octanol–water partition coefficient (Wildman–Crippen LogP) is 2.04. The van der Waals surface area contributed by atoms with Gasteiger partial charge in [0, 0.05) is 25.1 Å². The lowest BCUT2D eigenvalue weighted by Gasteiger charge is -2.01. The average Bonchev–Trinajstić information content (AvgIpc) is 2.76. The molecule has 0 aliphatic heterocycles. The van der Waals surface area contributed by atoms with Crippen molar-refractivity contribution in [2.75, 3.05) is 6.26 Å². The SMILES string of the molecule is Cn1cc(-c2ccc(S(C)(=O)=O)cc2)c2ncncc21. The van der Waals surface area contributed by atoms with Crippen molar-refractivity contribution in [1.29, 1.82) is 0 Å². The molecule has 0 saturated heterocycles. The smallest absolute Gasteiger partial charge is 0.175 e. The number of hydrogen-bond donors (Lipinski definition) is 0. The molecule has 0 bridgehead atoms. The number of benzene rings is 1. The van der Waals surface area contributed by atoms with Crippen LogP contribution in [0.25, 0.3) is 22.2 Å². The minimum Gasteiger partial charge on any atom is -0.347 e. The fourth-order valence-corrected chi connectivity index (χ4v) is 2.84. The number of aryl methyl sites for hydroxylation is 1. The van der Waals surface area contributed by atoms with E-state index in [9.17, 15) is 8.42 Å². The summed E-state index contributed by atoms with van der Waals surface area (Å²) in [6.45, 7) is 0. The molecular formula is C14H13N3O2S. The lowest BCUT2D eigenvalue weighted by Crippen LogP contribution is -1.96. The lowest BCUT2D eigenvalue weighted by molar-refractivity contribution is 0.602. The van der Waals surface area contributed by atoms with Gasteiger partial charge in [0.05, 0.1) is 22.1 Å². The number of aromatic nitrogens is 3. The zero-order chi connectivity index (χ0) is 14.3. The summed E-state index contributed by atoms with van der Waals surface area (Å²) in [5, 5.41) is 0. The van der Waals surface area contributed by atoms with Crippen molar-refractivity contribution >= 4 is 20.9 Å². The highest BCUT2D eigenvalue weighted by molar-refractivity contribution is 7.90. The molecule has 0 N–H and O–H groups in total. The molecule has 20 heavy (non-hydrogen) atoms. The maximum absolute atomic E-state index is 11.5. The number of fused-ring (bicyclic) bond motifs is 1. The van der Waals surface area contributed by atoms with Crippen LogP contribution in [-0.2, 0) is 16.9 Å². The van der Waals surface area contributed by atoms with Crippen LogP contribution in [0.15, 0.2) is 47.9 Å². The number of hydrogen-bond acceptors (Lipinski definition) is 4. The molecule has 0 aliphatic carbocycles. The minimum absolute atomic E-state index is 0.316. The highest BCUT2D eigenvalue weighted by Crippen LogP contribution is 2.28. The van der Waals surface area contributed by atoms with Crippen molar-refractivity contribution in [2.24, 2.45) is 7.05 Å². The predicted molar refractivity (Wildman–Crippen MR) is 77.1 cm³/mol. The third-order valence-electron chi connectivity index (χ3n) is 3.24. The molecule has 5 nitrogen and oxygen atoms in total. The summed E-state index contributed by atoms with van der Waals surface area (Å²) in [6, 6.07) is 6.83. The van der Waals surface area contributed by atoms with E-state index < -0.39 is 9.84 Å². The van der Waals surface area contributed by atoms with Crippen molar-refractivity contribution in [3.8, 4) is 11.1 Å².